The van der Waals surface area contributed by atoms with Crippen molar-refractivity contribution in [3.8, 4) is 0 Å². The van der Waals surface area contributed by atoms with Crippen LogP contribution in [0, 0.1) is 0 Å². The first-order valence-electron chi connectivity index (χ1n) is 8.57. The van der Waals surface area contributed by atoms with Crippen molar-refractivity contribution >= 4 is 64.5 Å². The average Bonchev–Trinajstić information content (AvgIpc) is 2.68. The van der Waals surface area contributed by atoms with Gasteiger partial charge in [-0.3, -0.25) is 9.69 Å². The lowest BCUT2D eigenvalue weighted by Gasteiger charge is -2.49. The molecule has 0 bridgehead atoms. The van der Waals surface area contributed by atoms with E-state index in [0.29, 0.717) is 0 Å². The van der Waals surface area contributed by atoms with Crippen molar-refractivity contribution in [1.29, 1.82) is 0 Å². The summed E-state index contributed by atoms with van der Waals surface area (Å²) in [5.41, 5.74) is 0.892. The van der Waals surface area contributed by atoms with Crippen molar-refractivity contribution in [2.24, 2.45) is 0 Å². The van der Waals surface area contributed by atoms with E-state index in [0.717, 1.165) is 5.56 Å². The van der Waals surface area contributed by atoms with Gasteiger partial charge < -0.3 is 14.8 Å². The van der Waals surface area contributed by atoms with Gasteiger partial charge in [0.25, 0.3) is 5.91 Å². The number of esters is 1. The summed E-state index contributed by atoms with van der Waals surface area (Å²) in [6, 6.07) is 8.36. The normalized spacial score (nSPS) is 23.4. The molecule has 2 heterocycles. The van der Waals surface area contributed by atoms with Crippen molar-refractivity contribution in [1.82, 2.24) is 10.2 Å². The van der Waals surface area contributed by atoms with Crippen molar-refractivity contribution in [3.05, 3.63) is 47.7 Å². The van der Waals surface area contributed by atoms with E-state index in [2.05, 4.69) is 5.32 Å². The van der Waals surface area contributed by atoms with Gasteiger partial charge in [0.1, 0.15) is 30.3 Å². The zero-order valence-corrected chi connectivity index (χ0v) is 18.2. The van der Waals surface area contributed by atoms with Crippen LogP contribution in [0.2, 0.25) is 0 Å². The highest BCUT2D eigenvalue weighted by molar-refractivity contribution is 8.00. The van der Waals surface area contributed by atoms with Crippen LogP contribution in [0.1, 0.15) is 12.5 Å². The lowest BCUT2D eigenvalue weighted by molar-refractivity contribution is -0.151. The van der Waals surface area contributed by atoms with E-state index < -0.39 is 39.8 Å². The third-order valence-corrected chi connectivity index (χ3v) is 5.77. The Labute approximate surface area is 186 Å². The number of fused-ring (bicyclic) bond motifs is 1. The lowest BCUT2D eigenvalue weighted by atomic mass is 10.0. The molecule has 0 spiro atoms. The molecule has 1 aromatic carbocycles. The number of amides is 2. The fourth-order valence-electron chi connectivity index (χ4n) is 2.83. The predicted molar refractivity (Wildman–Crippen MR) is 111 cm³/mol. The standard InChI is InChI=1S/C18H17Cl3N2O5S/c1-10-7-12(16(25)28-9-18(19,20)21)23-14(24)13(15(23)29-10)22-17(26)27-8-11-5-3-2-4-6-11/h2-7,10,13,15H,8-9H2,1H3,(H,22,26)/t10?,13?,15-/m0/s1. The molecule has 1 saturated heterocycles. The molecule has 2 unspecified atom stereocenters. The summed E-state index contributed by atoms with van der Waals surface area (Å²) < 4.78 is 8.39. The molecular formula is C18H17Cl3N2O5S. The van der Waals surface area contributed by atoms with E-state index in [1.165, 1.54) is 16.7 Å². The molecule has 7 nitrogen and oxygen atoms in total. The van der Waals surface area contributed by atoms with E-state index in [1.807, 2.05) is 37.3 Å². The highest BCUT2D eigenvalue weighted by Gasteiger charge is 2.54. The van der Waals surface area contributed by atoms with Gasteiger partial charge in [-0.25, -0.2) is 9.59 Å². The lowest BCUT2D eigenvalue weighted by Crippen LogP contribution is -2.70. The van der Waals surface area contributed by atoms with Crippen LogP contribution in [-0.2, 0) is 25.7 Å². The van der Waals surface area contributed by atoms with Gasteiger partial charge in [0.2, 0.25) is 3.79 Å². The molecule has 2 aliphatic rings. The fraction of sp³-hybridized carbons (Fsp3) is 0.389. The first-order chi connectivity index (χ1) is 13.7. The largest absolute Gasteiger partial charge is 0.456 e. The van der Waals surface area contributed by atoms with Crippen LogP contribution in [0.5, 0.6) is 0 Å². The smallest absolute Gasteiger partial charge is 0.408 e. The number of hydrogen-bond acceptors (Lipinski definition) is 6. The van der Waals surface area contributed by atoms with Crippen LogP contribution in [-0.4, -0.2) is 49.9 Å². The number of thioether (sulfide) groups is 1. The highest BCUT2D eigenvalue weighted by Crippen LogP contribution is 2.41. The van der Waals surface area contributed by atoms with Crippen LogP contribution in [0.15, 0.2) is 42.1 Å². The van der Waals surface area contributed by atoms with Crippen molar-refractivity contribution < 1.29 is 23.9 Å². The molecule has 2 amide bonds. The maximum Gasteiger partial charge on any atom is 0.408 e. The quantitative estimate of drug-likeness (QED) is 0.396. The average molecular weight is 480 g/mol. The number of halogens is 3. The van der Waals surface area contributed by atoms with Gasteiger partial charge in [0.05, 0.1) is 0 Å². The summed E-state index contributed by atoms with van der Waals surface area (Å²) in [4.78, 5) is 38.2. The minimum atomic E-state index is -1.75. The Hall–Kier alpha value is -1.61. The third-order valence-electron chi connectivity index (χ3n) is 4.11. The van der Waals surface area contributed by atoms with Gasteiger partial charge in [0.15, 0.2) is 0 Å². The zero-order valence-electron chi connectivity index (χ0n) is 15.1. The number of carbonyl (C=O) groups is 3. The SMILES string of the molecule is CC1C=C(C(=O)OCC(Cl)(Cl)Cl)N2C(=O)C(NC(=O)OCc3ccccc3)[C@@H]2S1. The molecule has 0 aliphatic carbocycles. The Morgan fingerprint density at radius 1 is 1.21 bits per heavy atom. The highest BCUT2D eigenvalue weighted by atomic mass is 35.6. The van der Waals surface area contributed by atoms with Gasteiger partial charge in [-0.05, 0) is 18.6 Å². The molecule has 1 aromatic rings. The molecule has 2 aliphatic heterocycles. The van der Waals surface area contributed by atoms with E-state index in [4.69, 9.17) is 44.3 Å². The summed E-state index contributed by atoms with van der Waals surface area (Å²) in [5.74, 6) is -1.21. The van der Waals surface area contributed by atoms with Crippen LogP contribution in [0.25, 0.3) is 0 Å². The van der Waals surface area contributed by atoms with Crippen LogP contribution >= 0.6 is 46.6 Å². The number of carbonyl (C=O) groups excluding carboxylic acids is 3. The first kappa shape index (κ1) is 22.1. The minimum absolute atomic E-state index is 0.0659. The Morgan fingerprint density at radius 2 is 1.90 bits per heavy atom. The number of alkyl carbamates (subject to hydrolysis) is 1. The number of alkyl halides is 3. The van der Waals surface area contributed by atoms with Crippen molar-refractivity contribution in [2.75, 3.05) is 6.61 Å². The van der Waals surface area contributed by atoms with E-state index in [-0.39, 0.29) is 17.6 Å². The summed E-state index contributed by atoms with van der Waals surface area (Å²) in [7, 11) is 0. The number of ether oxygens (including phenoxy) is 2. The van der Waals surface area contributed by atoms with Gasteiger partial charge >= 0.3 is 12.1 Å². The molecule has 1 N–H and O–H groups in total. The summed E-state index contributed by atoms with van der Waals surface area (Å²) in [6.45, 7) is 1.49. The summed E-state index contributed by atoms with van der Waals surface area (Å²) >= 11 is 18.2. The van der Waals surface area contributed by atoms with Crippen molar-refractivity contribution in [3.63, 3.8) is 0 Å². The molecule has 156 valence electrons. The van der Waals surface area contributed by atoms with E-state index >= 15 is 0 Å². The topological polar surface area (TPSA) is 84.9 Å². The van der Waals surface area contributed by atoms with Gasteiger partial charge in [-0.2, -0.15) is 0 Å². The van der Waals surface area contributed by atoms with Gasteiger partial charge in [-0.1, -0.05) is 65.1 Å². The van der Waals surface area contributed by atoms with Gasteiger partial charge in [-0.15, -0.1) is 11.8 Å². The minimum Gasteiger partial charge on any atom is -0.456 e. The number of rotatable bonds is 5. The Balaban J connectivity index is 1.58. The maximum atomic E-state index is 12.5. The fourth-order valence-corrected chi connectivity index (χ4v) is 4.33. The summed E-state index contributed by atoms with van der Waals surface area (Å²) in [5, 5.41) is 2.01. The number of benzene rings is 1. The Bertz CT molecular complexity index is 831. The Morgan fingerprint density at radius 3 is 2.55 bits per heavy atom. The second-order valence-corrected chi connectivity index (χ2v) is 10.4. The predicted octanol–water partition coefficient (Wildman–Crippen LogP) is 3.38. The second-order valence-electron chi connectivity index (χ2n) is 6.37. The number of hydrogen-bond donors (Lipinski definition) is 1. The van der Waals surface area contributed by atoms with Gasteiger partial charge in [0, 0.05) is 5.25 Å². The van der Waals surface area contributed by atoms with Crippen LogP contribution < -0.4 is 5.32 Å². The molecule has 0 saturated carbocycles. The molecule has 3 rings (SSSR count). The van der Waals surface area contributed by atoms with E-state index in [9.17, 15) is 14.4 Å². The maximum absolute atomic E-state index is 12.5. The monoisotopic (exact) mass is 478 g/mol. The number of nitrogens with one attached hydrogen (secondary N) is 1. The van der Waals surface area contributed by atoms with Crippen LogP contribution in [0.4, 0.5) is 4.79 Å². The van der Waals surface area contributed by atoms with E-state index in [1.54, 1.807) is 6.08 Å². The molecule has 3 atom stereocenters. The zero-order chi connectivity index (χ0) is 21.2. The molecule has 11 heteroatoms. The Kier molecular flexibility index (Phi) is 6.88. The molecule has 1 fully saturated rings. The number of β-lactam (4-membered cyclic amide) rings is 1. The van der Waals surface area contributed by atoms with Crippen molar-refractivity contribution in [2.45, 2.75) is 34.0 Å². The first-order valence-corrected chi connectivity index (χ1v) is 10.6. The van der Waals surface area contributed by atoms with Crippen LogP contribution in [0.3, 0.4) is 0 Å². The number of nitrogens with zero attached hydrogens (tertiary/aromatic N) is 1. The summed E-state index contributed by atoms with van der Waals surface area (Å²) in [6.07, 6.45) is 0.888. The molecule has 29 heavy (non-hydrogen) atoms. The third kappa shape index (κ3) is 5.51. The molecule has 0 radical (unpaired) electrons. The molecular weight excluding hydrogens is 463 g/mol. The second kappa shape index (κ2) is 9.04. The molecule has 0 aromatic heterocycles.